The molecule has 2 rings (SSSR count). The van der Waals surface area contributed by atoms with Crippen LogP contribution in [0.25, 0.3) is 0 Å². The topological polar surface area (TPSA) is 99.9 Å². The Kier molecular flexibility index (Phi) is 8.04. The normalized spacial score (nSPS) is 11.3. The van der Waals surface area contributed by atoms with Crippen LogP contribution in [0.15, 0.2) is 41.3 Å². The summed E-state index contributed by atoms with van der Waals surface area (Å²) in [6.07, 6.45) is 1.47. The molecule has 7 nitrogen and oxygen atoms in total. The maximum atomic E-state index is 13.3. The number of benzene rings is 2. The quantitative estimate of drug-likeness (QED) is 0.548. The number of nitrogens with one attached hydrogen (secondary N) is 1. The molecule has 2 aromatic rings. The summed E-state index contributed by atoms with van der Waals surface area (Å²) >= 11 is 0. The number of sulfonamides is 1. The molecule has 154 valence electrons. The highest BCUT2D eigenvalue weighted by Crippen LogP contribution is 2.27. The van der Waals surface area contributed by atoms with Gasteiger partial charge in [-0.05, 0) is 49.2 Å². The zero-order valence-electron chi connectivity index (χ0n) is 15.9. The minimum absolute atomic E-state index is 0.0158. The first kappa shape index (κ1) is 21.9. The standard InChI is InChI=1S/C19H25FN2O5S/c1-25-16-8-6-15(20)13-18(16)27-11-10-22-9-3-4-14-5-7-17(26-2)19(12-14)28(21,23)24/h5-8,12-13,22H,3-4,9-11H2,1-2H3,(H2,21,23,24). The summed E-state index contributed by atoms with van der Waals surface area (Å²) in [5.74, 6) is 0.682. The van der Waals surface area contributed by atoms with Gasteiger partial charge in [-0.2, -0.15) is 0 Å². The SMILES string of the molecule is COc1ccc(F)cc1OCCNCCCc1ccc(OC)c(S(N)(=O)=O)c1. The molecule has 2 aromatic carbocycles. The Morgan fingerprint density at radius 2 is 1.71 bits per heavy atom. The molecule has 0 heterocycles. The fraction of sp³-hybridized carbons (Fsp3) is 0.368. The summed E-state index contributed by atoms with van der Waals surface area (Å²) in [7, 11) is -0.943. The van der Waals surface area contributed by atoms with Crippen LogP contribution in [-0.2, 0) is 16.4 Å². The van der Waals surface area contributed by atoms with Gasteiger partial charge >= 0.3 is 0 Å². The van der Waals surface area contributed by atoms with E-state index in [0.717, 1.165) is 12.0 Å². The molecule has 3 N–H and O–H groups in total. The van der Waals surface area contributed by atoms with Crippen molar-refractivity contribution >= 4 is 10.0 Å². The van der Waals surface area contributed by atoms with Crippen molar-refractivity contribution in [3.63, 3.8) is 0 Å². The largest absolute Gasteiger partial charge is 0.495 e. The average Bonchev–Trinajstić information content (AvgIpc) is 2.66. The highest BCUT2D eigenvalue weighted by atomic mass is 32.2. The summed E-state index contributed by atoms with van der Waals surface area (Å²) < 4.78 is 52.2. The number of hydrogen-bond acceptors (Lipinski definition) is 6. The Morgan fingerprint density at radius 1 is 1.00 bits per heavy atom. The second kappa shape index (κ2) is 10.3. The Hall–Kier alpha value is -2.36. The van der Waals surface area contributed by atoms with Gasteiger partial charge in [0.15, 0.2) is 11.5 Å². The van der Waals surface area contributed by atoms with Crippen LogP contribution in [0, 0.1) is 5.82 Å². The number of ether oxygens (including phenoxy) is 3. The second-order valence-electron chi connectivity index (χ2n) is 6.03. The number of methoxy groups -OCH3 is 2. The van der Waals surface area contributed by atoms with Crippen molar-refractivity contribution in [3.05, 3.63) is 47.8 Å². The predicted molar refractivity (Wildman–Crippen MR) is 104 cm³/mol. The van der Waals surface area contributed by atoms with Crippen LogP contribution in [0.3, 0.4) is 0 Å². The first-order valence-electron chi connectivity index (χ1n) is 8.72. The van der Waals surface area contributed by atoms with Crippen LogP contribution in [0.5, 0.6) is 17.2 Å². The van der Waals surface area contributed by atoms with E-state index in [0.29, 0.717) is 37.6 Å². The van der Waals surface area contributed by atoms with Crippen LogP contribution in [0.2, 0.25) is 0 Å². The fourth-order valence-corrected chi connectivity index (χ4v) is 3.39. The van der Waals surface area contributed by atoms with E-state index in [1.165, 1.54) is 38.5 Å². The maximum absolute atomic E-state index is 13.3. The molecule has 0 aliphatic carbocycles. The van der Waals surface area contributed by atoms with Crippen molar-refractivity contribution in [1.82, 2.24) is 5.32 Å². The molecule has 0 fully saturated rings. The Balaban J connectivity index is 1.75. The second-order valence-corrected chi connectivity index (χ2v) is 7.56. The maximum Gasteiger partial charge on any atom is 0.241 e. The number of primary sulfonamides is 1. The lowest BCUT2D eigenvalue weighted by atomic mass is 10.1. The van der Waals surface area contributed by atoms with E-state index in [1.54, 1.807) is 6.07 Å². The van der Waals surface area contributed by atoms with Crippen molar-refractivity contribution < 1.29 is 27.0 Å². The highest BCUT2D eigenvalue weighted by Gasteiger charge is 2.15. The molecule has 0 saturated carbocycles. The van der Waals surface area contributed by atoms with E-state index in [2.05, 4.69) is 5.32 Å². The van der Waals surface area contributed by atoms with Gasteiger partial charge in [0.2, 0.25) is 10.0 Å². The number of aryl methyl sites for hydroxylation is 1. The molecule has 0 bridgehead atoms. The van der Waals surface area contributed by atoms with Gasteiger partial charge in [-0.15, -0.1) is 0 Å². The zero-order valence-corrected chi connectivity index (χ0v) is 16.7. The van der Waals surface area contributed by atoms with Crippen molar-refractivity contribution in [2.24, 2.45) is 5.14 Å². The van der Waals surface area contributed by atoms with Crippen LogP contribution in [-0.4, -0.2) is 42.3 Å². The minimum atomic E-state index is -3.84. The van der Waals surface area contributed by atoms with E-state index in [-0.39, 0.29) is 16.5 Å². The van der Waals surface area contributed by atoms with Gasteiger partial charge in [0.05, 0.1) is 14.2 Å². The molecule has 0 aliphatic rings. The third kappa shape index (κ3) is 6.36. The monoisotopic (exact) mass is 412 g/mol. The third-order valence-electron chi connectivity index (χ3n) is 4.02. The van der Waals surface area contributed by atoms with Crippen LogP contribution in [0.4, 0.5) is 4.39 Å². The van der Waals surface area contributed by atoms with E-state index >= 15 is 0 Å². The lowest BCUT2D eigenvalue weighted by Gasteiger charge is -2.11. The van der Waals surface area contributed by atoms with Gasteiger partial charge in [0, 0.05) is 12.6 Å². The number of rotatable bonds is 11. The number of halogens is 1. The van der Waals surface area contributed by atoms with Crippen molar-refractivity contribution in [2.45, 2.75) is 17.7 Å². The van der Waals surface area contributed by atoms with Gasteiger partial charge in [-0.25, -0.2) is 17.9 Å². The van der Waals surface area contributed by atoms with Gasteiger partial charge in [-0.1, -0.05) is 6.07 Å². The van der Waals surface area contributed by atoms with E-state index < -0.39 is 10.0 Å². The van der Waals surface area contributed by atoms with E-state index in [1.807, 2.05) is 6.07 Å². The molecule has 0 spiro atoms. The van der Waals surface area contributed by atoms with Crippen molar-refractivity contribution in [1.29, 1.82) is 0 Å². The molecule has 0 aromatic heterocycles. The molecule has 0 atom stereocenters. The summed E-state index contributed by atoms with van der Waals surface area (Å²) in [4.78, 5) is -0.0158. The van der Waals surface area contributed by atoms with Crippen molar-refractivity contribution in [3.8, 4) is 17.2 Å². The highest BCUT2D eigenvalue weighted by molar-refractivity contribution is 7.89. The molecule has 0 amide bonds. The lowest BCUT2D eigenvalue weighted by Crippen LogP contribution is -2.22. The Labute approximate surface area is 164 Å². The average molecular weight is 412 g/mol. The Morgan fingerprint density at radius 3 is 2.39 bits per heavy atom. The minimum Gasteiger partial charge on any atom is -0.495 e. The Bertz CT molecular complexity index is 890. The fourth-order valence-electron chi connectivity index (χ4n) is 2.64. The van der Waals surface area contributed by atoms with Gasteiger partial charge in [-0.3, -0.25) is 0 Å². The van der Waals surface area contributed by atoms with E-state index in [4.69, 9.17) is 19.3 Å². The first-order chi connectivity index (χ1) is 13.3. The molecule has 9 heteroatoms. The first-order valence-corrected chi connectivity index (χ1v) is 10.3. The van der Waals surface area contributed by atoms with Gasteiger partial charge in [0.1, 0.15) is 23.1 Å². The van der Waals surface area contributed by atoms with Gasteiger partial charge < -0.3 is 19.5 Å². The molecule has 28 heavy (non-hydrogen) atoms. The summed E-state index contributed by atoms with van der Waals surface area (Å²) in [5, 5.41) is 8.44. The number of hydrogen-bond donors (Lipinski definition) is 2. The molecule has 0 unspecified atom stereocenters. The van der Waals surface area contributed by atoms with Gasteiger partial charge in [0.25, 0.3) is 0 Å². The molecule has 0 radical (unpaired) electrons. The zero-order chi connectivity index (χ0) is 20.6. The smallest absolute Gasteiger partial charge is 0.241 e. The van der Waals surface area contributed by atoms with E-state index in [9.17, 15) is 12.8 Å². The summed E-state index contributed by atoms with van der Waals surface area (Å²) in [6, 6.07) is 9.06. The van der Waals surface area contributed by atoms with Crippen LogP contribution in [0.1, 0.15) is 12.0 Å². The van der Waals surface area contributed by atoms with Crippen molar-refractivity contribution in [2.75, 3.05) is 33.9 Å². The van der Waals surface area contributed by atoms with Crippen LogP contribution >= 0.6 is 0 Å². The molecule has 0 saturated heterocycles. The molecular weight excluding hydrogens is 387 g/mol. The predicted octanol–water partition coefficient (Wildman–Crippen LogP) is 2.09. The lowest BCUT2D eigenvalue weighted by molar-refractivity contribution is 0.290. The molecule has 0 aliphatic heterocycles. The number of nitrogens with two attached hydrogens (primary N) is 1. The van der Waals surface area contributed by atoms with Crippen LogP contribution < -0.4 is 24.7 Å². The molecular formula is C19H25FN2O5S. The summed E-state index contributed by atoms with van der Waals surface area (Å²) in [5.41, 5.74) is 0.854. The summed E-state index contributed by atoms with van der Waals surface area (Å²) in [6.45, 7) is 1.64. The third-order valence-corrected chi connectivity index (χ3v) is 4.95.